The van der Waals surface area contributed by atoms with Gasteiger partial charge in [-0.1, -0.05) is 0 Å². The third kappa shape index (κ3) is 2.84. The van der Waals surface area contributed by atoms with Gasteiger partial charge in [0.05, 0.1) is 11.0 Å². The zero-order chi connectivity index (χ0) is 12.4. The van der Waals surface area contributed by atoms with E-state index >= 15 is 0 Å². The normalized spacial score (nSPS) is 18.9. The van der Waals surface area contributed by atoms with E-state index in [2.05, 4.69) is 10.6 Å². The minimum absolute atomic E-state index is 0.0318. The van der Waals surface area contributed by atoms with E-state index < -0.39 is 4.92 Å². The second-order valence-electron chi connectivity index (χ2n) is 3.77. The molecular formula is C10H10IN3O3. The lowest BCUT2D eigenvalue weighted by Crippen LogP contribution is -2.22. The number of carbonyl (C=O) groups excluding carboxylic acids is 1. The van der Waals surface area contributed by atoms with Gasteiger partial charge in [0, 0.05) is 22.6 Å². The van der Waals surface area contributed by atoms with Crippen molar-refractivity contribution in [2.75, 3.05) is 11.9 Å². The van der Waals surface area contributed by atoms with Crippen molar-refractivity contribution in [1.82, 2.24) is 5.32 Å². The molecular weight excluding hydrogens is 337 g/mol. The summed E-state index contributed by atoms with van der Waals surface area (Å²) in [5.74, 6) is -0.0318. The first-order valence-electron chi connectivity index (χ1n) is 5.03. The SMILES string of the molecule is O=C1CC(Nc2ccc(I)cc2[N+](=O)[O-])CN1. The Morgan fingerprint density at radius 2 is 2.29 bits per heavy atom. The molecule has 0 saturated carbocycles. The van der Waals surface area contributed by atoms with Gasteiger partial charge < -0.3 is 10.6 Å². The Kier molecular flexibility index (Phi) is 3.46. The highest BCUT2D eigenvalue weighted by molar-refractivity contribution is 14.1. The third-order valence-electron chi connectivity index (χ3n) is 2.49. The number of nitro benzene ring substituents is 1. The molecule has 0 bridgehead atoms. The molecule has 2 rings (SSSR count). The van der Waals surface area contributed by atoms with Crippen molar-refractivity contribution in [2.24, 2.45) is 0 Å². The predicted octanol–water partition coefficient (Wildman–Crippen LogP) is 1.50. The average molecular weight is 347 g/mol. The second-order valence-corrected chi connectivity index (χ2v) is 5.01. The van der Waals surface area contributed by atoms with Crippen molar-refractivity contribution in [2.45, 2.75) is 12.5 Å². The van der Waals surface area contributed by atoms with Crippen molar-refractivity contribution in [3.63, 3.8) is 0 Å². The summed E-state index contributed by atoms with van der Waals surface area (Å²) in [5.41, 5.74) is 0.494. The number of halogens is 1. The van der Waals surface area contributed by atoms with Crippen molar-refractivity contribution in [1.29, 1.82) is 0 Å². The van der Waals surface area contributed by atoms with Crippen LogP contribution in [-0.2, 0) is 4.79 Å². The van der Waals surface area contributed by atoms with Crippen LogP contribution in [0.3, 0.4) is 0 Å². The van der Waals surface area contributed by atoms with Gasteiger partial charge in [-0.05, 0) is 34.7 Å². The molecule has 0 radical (unpaired) electrons. The fraction of sp³-hybridized carbons (Fsp3) is 0.300. The largest absolute Gasteiger partial charge is 0.374 e. The number of nitro groups is 1. The smallest absolute Gasteiger partial charge is 0.293 e. The highest BCUT2D eigenvalue weighted by Crippen LogP contribution is 2.27. The van der Waals surface area contributed by atoms with Crippen LogP contribution in [0.1, 0.15) is 6.42 Å². The van der Waals surface area contributed by atoms with Crippen molar-refractivity contribution in [3.8, 4) is 0 Å². The van der Waals surface area contributed by atoms with Gasteiger partial charge in [-0.25, -0.2) is 0 Å². The lowest BCUT2D eigenvalue weighted by Gasteiger charge is -2.12. The lowest BCUT2D eigenvalue weighted by atomic mass is 10.2. The number of nitrogens with one attached hydrogen (secondary N) is 2. The summed E-state index contributed by atoms with van der Waals surface area (Å²) in [6.07, 6.45) is 0.350. The zero-order valence-corrected chi connectivity index (χ0v) is 10.9. The Bertz CT molecular complexity index is 478. The van der Waals surface area contributed by atoms with Crippen LogP contribution in [-0.4, -0.2) is 23.4 Å². The summed E-state index contributed by atoms with van der Waals surface area (Å²) in [6.45, 7) is 0.502. The molecule has 6 nitrogen and oxygen atoms in total. The van der Waals surface area contributed by atoms with Crippen LogP contribution >= 0.6 is 22.6 Å². The van der Waals surface area contributed by atoms with Crippen LogP contribution in [0, 0.1) is 13.7 Å². The van der Waals surface area contributed by atoms with Crippen LogP contribution in [0.15, 0.2) is 18.2 Å². The van der Waals surface area contributed by atoms with Crippen molar-refractivity contribution >= 4 is 39.9 Å². The molecule has 1 unspecified atom stereocenters. The van der Waals surface area contributed by atoms with Crippen LogP contribution < -0.4 is 10.6 Å². The zero-order valence-electron chi connectivity index (χ0n) is 8.77. The van der Waals surface area contributed by atoms with Crippen molar-refractivity contribution in [3.05, 3.63) is 31.9 Å². The van der Waals surface area contributed by atoms with E-state index in [1.54, 1.807) is 12.1 Å². The molecule has 1 aromatic carbocycles. The molecule has 1 heterocycles. The number of rotatable bonds is 3. The van der Waals surface area contributed by atoms with E-state index in [1.165, 1.54) is 6.07 Å². The molecule has 1 fully saturated rings. The fourth-order valence-corrected chi connectivity index (χ4v) is 2.18. The van der Waals surface area contributed by atoms with E-state index in [0.717, 1.165) is 3.57 Å². The van der Waals surface area contributed by atoms with Gasteiger partial charge in [0.1, 0.15) is 5.69 Å². The summed E-state index contributed by atoms with van der Waals surface area (Å²) in [5, 5.41) is 16.6. The monoisotopic (exact) mass is 347 g/mol. The van der Waals surface area contributed by atoms with Crippen LogP contribution in [0.25, 0.3) is 0 Å². The molecule has 0 aliphatic carbocycles. The van der Waals surface area contributed by atoms with Crippen molar-refractivity contribution < 1.29 is 9.72 Å². The van der Waals surface area contributed by atoms with Crippen LogP contribution in [0.2, 0.25) is 0 Å². The lowest BCUT2D eigenvalue weighted by molar-refractivity contribution is -0.384. The standard InChI is InChI=1S/C10H10IN3O3/c11-6-1-2-8(9(3-6)14(16)17)13-7-4-10(15)12-5-7/h1-3,7,13H,4-5H2,(H,12,15). The van der Waals surface area contributed by atoms with Crippen LogP contribution in [0.4, 0.5) is 11.4 Å². The minimum Gasteiger partial charge on any atom is -0.374 e. The second kappa shape index (κ2) is 4.86. The molecule has 90 valence electrons. The number of benzene rings is 1. The van der Waals surface area contributed by atoms with Gasteiger partial charge in [0.15, 0.2) is 0 Å². The summed E-state index contributed by atoms with van der Waals surface area (Å²) < 4.78 is 0.806. The molecule has 17 heavy (non-hydrogen) atoms. The maximum Gasteiger partial charge on any atom is 0.293 e. The van der Waals surface area contributed by atoms with Crippen LogP contribution in [0.5, 0.6) is 0 Å². The summed E-state index contributed by atoms with van der Waals surface area (Å²) in [7, 11) is 0. The maximum atomic E-state index is 11.0. The number of amides is 1. The highest BCUT2D eigenvalue weighted by atomic mass is 127. The van der Waals surface area contributed by atoms with Gasteiger partial charge in [-0.2, -0.15) is 0 Å². The quantitative estimate of drug-likeness (QED) is 0.493. The molecule has 0 aromatic heterocycles. The highest BCUT2D eigenvalue weighted by Gasteiger charge is 2.24. The van der Waals surface area contributed by atoms with Gasteiger partial charge >= 0.3 is 0 Å². The molecule has 7 heteroatoms. The van der Waals surface area contributed by atoms with E-state index in [-0.39, 0.29) is 17.6 Å². The average Bonchev–Trinajstić information content (AvgIpc) is 2.66. The first-order valence-corrected chi connectivity index (χ1v) is 6.11. The molecule has 1 saturated heterocycles. The van der Waals surface area contributed by atoms with Gasteiger partial charge in [-0.15, -0.1) is 0 Å². The Morgan fingerprint density at radius 1 is 1.53 bits per heavy atom. The molecule has 1 amide bonds. The molecule has 1 aliphatic heterocycles. The molecule has 1 aliphatic rings. The predicted molar refractivity (Wildman–Crippen MR) is 70.9 cm³/mol. The Labute approximate surface area is 111 Å². The Balaban J connectivity index is 2.20. The molecule has 1 atom stereocenters. The summed E-state index contributed by atoms with van der Waals surface area (Å²) in [4.78, 5) is 21.5. The van der Waals surface area contributed by atoms with Gasteiger partial charge in [0.25, 0.3) is 5.69 Å². The van der Waals surface area contributed by atoms with Gasteiger partial charge in [0.2, 0.25) is 5.91 Å². The first kappa shape index (κ1) is 12.1. The maximum absolute atomic E-state index is 11.0. The minimum atomic E-state index is -0.422. The third-order valence-corrected chi connectivity index (χ3v) is 3.16. The molecule has 2 N–H and O–H groups in total. The van der Waals surface area contributed by atoms with E-state index in [0.29, 0.717) is 18.7 Å². The Morgan fingerprint density at radius 3 is 2.88 bits per heavy atom. The summed E-state index contributed by atoms with van der Waals surface area (Å²) >= 11 is 2.02. The van der Waals surface area contributed by atoms with E-state index in [4.69, 9.17) is 0 Å². The number of hydrogen-bond acceptors (Lipinski definition) is 4. The summed E-state index contributed by atoms with van der Waals surface area (Å²) in [6, 6.07) is 4.89. The number of nitrogens with zero attached hydrogens (tertiary/aromatic N) is 1. The topological polar surface area (TPSA) is 84.3 Å². The molecule has 0 spiro atoms. The fourth-order valence-electron chi connectivity index (χ4n) is 1.71. The first-order chi connectivity index (χ1) is 8.06. The van der Waals surface area contributed by atoms with E-state index in [1.807, 2.05) is 22.6 Å². The molecule has 1 aromatic rings. The Hall–Kier alpha value is -1.38. The number of carbonyl (C=O) groups is 1. The number of anilines is 1. The van der Waals surface area contributed by atoms with Gasteiger partial charge in [-0.3, -0.25) is 14.9 Å². The van der Waals surface area contributed by atoms with E-state index in [9.17, 15) is 14.9 Å². The number of hydrogen-bond donors (Lipinski definition) is 2.